The number of carboxylic acid groups (broad SMARTS) is 2. The van der Waals surface area contributed by atoms with Crippen molar-refractivity contribution in [2.45, 2.75) is 58.8 Å². The van der Waals surface area contributed by atoms with Gasteiger partial charge in [-0.05, 0) is 12.8 Å². The molecule has 2 N–H and O–H groups in total. The molecule has 96 valence electrons. The first-order valence-corrected chi connectivity index (χ1v) is 5.98. The number of hydrogen-bond acceptors (Lipinski definition) is 2. The van der Waals surface area contributed by atoms with Crippen LogP contribution in [-0.2, 0) is 9.59 Å². The quantitative estimate of drug-likeness (QED) is 0.383. The molecule has 0 saturated heterocycles. The minimum atomic E-state index is -1.57. The van der Waals surface area contributed by atoms with Gasteiger partial charge >= 0.3 is 63.3 Å². The molecule has 0 heterocycles. The summed E-state index contributed by atoms with van der Waals surface area (Å²) >= 11 is 0. The summed E-state index contributed by atoms with van der Waals surface area (Å²) in [5.41, 5.74) is -1.57. The van der Waals surface area contributed by atoms with Gasteiger partial charge in [0.25, 0.3) is 0 Å². The van der Waals surface area contributed by atoms with E-state index in [2.05, 4.69) is 6.92 Å². The summed E-state index contributed by atoms with van der Waals surface area (Å²) in [6, 6.07) is 0. The summed E-state index contributed by atoms with van der Waals surface area (Å²) in [5.74, 6) is -2.39. The van der Waals surface area contributed by atoms with Crippen molar-refractivity contribution in [1.29, 1.82) is 0 Å². The van der Waals surface area contributed by atoms with Crippen molar-refractivity contribution in [3.8, 4) is 0 Å². The molecule has 0 bridgehead atoms. The van der Waals surface area contributed by atoms with Crippen LogP contribution in [-0.4, -0.2) is 73.5 Å². The second kappa shape index (κ2) is 10.5. The van der Waals surface area contributed by atoms with Crippen LogP contribution in [0.3, 0.4) is 0 Å². The fraction of sp³-hybridized carbons (Fsp3) is 0.833. The Balaban J connectivity index is 0. The van der Waals surface area contributed by atoms with E-state index in [4.69, 9.17) is 10.2 Å². The van der Waals surface area contributed by atoms with E-state index in [0.29, 0.717) is 12.8 Å². The van der Waals surface area contributed by atoms with Crippen molar-refractivity contribution in [2.24, 2.45) is 5.41 Å². The van der Waals surface area contributed by atoms with Crippen LogP contribution in [0.25, 0.3) is 0 Å². The molecule has 0 rings (SSSR count). The van der Waals surface area contributed by atoms with Gasteiger partial charge in [0.05, 0.1) is 0 Å². The van der Waals surface area contributed by atoms with Crippen LogP contribution < -0.4 is 0 Å². The molecule has 0 radical (unpaired) electrons. The van der Waals surface area contributed by atoms with Gasteiger partial charge in [0, 0.05) is 0 Å². The molecule has 17 heavy (non-hydrogen) atoms. The van der Waals surface area contributed by atoms with Crippen molar-refractivity contribution in [1.82, 2.24) is 0 Å². The topological polar surface area (TPSA) is 74.6 Å². The Morgan fingerprint density at radius 1 is 0.882 bits per heavy atom. The van der Waals surface area contributed by atoms with Gasteiger partial charge in [-0.25, -0.2) is 0 Å². The van der Waals surface area contributed by atoms with Gasteiger partial charge < -0.3 is 10.2 Å². The predicted octanol–water partition coefficient (Wildman–Crippen LogP) is 2.26. The molecule has 0 aromatic heterocycles. The molecule has 0 atom stereocenters. The molecule has 0 fully saturated rings. The number of unbranched alkanes of at least 4 members (excludes halogenated alkanes) is 3. The Bertz CT molecular complexity index is 227. The second-order valence-corrected chi connectivity index (χ2v) is 4.25. The molecule has 0 aromatic rings. The summed E-state index contributed by atoms with van der Waals surface area (Å²) in [6.45, 7) is 3.88. The van der Waals surface area contributed by atoms with Crippen molar-refractivity contribution >= 4 is 63.3 Å². The molecule has 0 aromatic carbocycles. The zero-order valence-corrected chi connectivity index (χ0v) is 10.2. The van der Waals surface area contributed by atoms with E-state index in [1.54, 1.807) is 0 Å². The van der Waals surface area contributed by atoms with E-state index in [1.807, 2.05) is 6.92 Å². The molecule has 0 aliphatic carbocycles. The monoisotopic (exact) mass is 270 g/mol. The predicted molar refractivity (Wildman–Crippen MR) is 68.5 cm³/mol. The maximum absolute atomic E-state index is 11.1. The Labute approximate surface area is 146 Å². The van der Waals surface area contributed by atoms with E-state index in [9.17, 15) is 9.59 Å². The summed E-state index contributed by atoms with van der Waals surface area (Å²) < 4.78 is 0. The van der Waals surface area contributed by atoms with Gasteiger partial charge in [0.15, 0.2) is 5.41 Å². The zero-order valence-electron chi connectivity index (χ0n) is 10.2. The first kappa shape index (κ1) is 19.9. The molecule has 0 amide bonds. The zero-order chi connectivity index (χ0) is 12.6. The fourth-order valence-corrected chi connectivity index (χ4v) is 1.92. The van der Waals surface area contributed by atoms with Crippen molar-refractivity contribution in [3.05, 3.63) is 0 Å². The molecule has 0 aliphatic heterocycles. The molecule has 0 aliphatic rings. The third kappa shape index (κ3) is 6.34. The minimum absolute atomic E-state index is 0. The van der Waals surface area contributed by atoms with E-state index in [1.165, 1.54) is 0 Å². The summed E-state index contributed by atoms with van der Waals surface area (Å²) in [4.78, 5) is 22.3. The van der Waals surface area contributed by atoms with Gasteiger partial charge in [-0.1, -0.05) is 46.0 Å². The number of aliphatic carboxylic acids is 2. The average Bonchev–Trinajstić information content (AvgIpc) is 2.21. The molecular formula is C12H23KO4. The molecule has 0 saturated carbocycles. The van der Waals surface area contributed by atoms with Crippen LogP contribution >= 0.6 is 0 Å². The maximum atomic E-state index is 11.1. The van der Waals surface area contributed by atoms with Gasteiger partial charge in [0.1, 0.15) is 0 Å². The summed E-state index contributed by atoms with van der Waals surface area (Å²) in [5, 5.41) is 18.2. The number of carboxylic acids is 2. The van der Waals surface area contributed by atoms with Gasteiger partial charge in [-0.2, -0.15) is 0 Å². The molecule has 4 nitrogen and oxygen atoms in total. The van der Waals surface area contributed by atoms with Crippen LogP contribution in [0.15, 0.2) is 0 Å². The Hall–Kier alpha value is 0.576. The van der Waals surface area contributed by atoms with Crippen LogP contribution in [0.5, 0.6) is 0 Å². The summed E-state index contributed by atoms with van der Waals surface area (Å²) in [7, 11) is 0. The fourth-order valence-electron chi connectivity index (χ4n) is 1.92. The van der Waals surface area contributed by atoms with E-state index >= 15 is 0 Å². The summed E-state index contributed by atoms with van der Waals surface area (Å²) in [6.07, 6.45) is 4.69. The van der Waals surface area contributed by atoms with Crippen LogP contribution in [0.2, 0.25) is 0 Å². The van der Waals surface area contributed by atoms with E-state index < -0.39 is 17.4 Å². The third-order valence-corrected chi connectivity index (χ3v) is 2.95. The van der Waals surface area contributed by atoms with Crippen LogP contribution in [0, 0.1) is 5.41 Å². The number of hydrogen-bond donors (Lipinski definition) is 2. The van der Waals surface area contributed by atoms with Crippen molar-refractivity contribution < 1.29 is 19.8 Å². The second-order valence-electron chi connectivity index (χ2n) is 4.25. The Kier molecular flexibility index (Phi) is 12.3. The average molecular weight is 270 g/mol. The Morgan fingerprint density at radius 2 is 1.41 bits per heavy atom. The van der Waals surface area contributed by atoms with Gasteiger partial charge in [0.2, 0.25) is 0 Å². The first-order valence-electron chi connectivity index (χ1n) is 5.98. The number of rotatable bonds is 9. The van der Waals surface area contributed by atoms with E-state index in [0.717, 1.165) is 19.3 Å². The molecular weight excluding hydrogens is 247 g/mol. The standard InChI is InChI=1S/C12H22O4.K.H/c1-3-5-6-7-9-12(8-4-2,10(13)14)11(15)16;;/h3-9H2,1-2H3,(H,13,14)(H,15,16);;. The SMILES string of the molecule is CCCCCCC(CCC)(C(=O)O)C(=O)O.[KH]. The molecule has 0 unspecified atom stereocenters. The normalized spacial score (nSPS) is 10.7. The number of carbonyl (C=O) groups is 2. The van der Waals surface area contributed by atoms with Gasteiger partial charge in [-0.15, -0.1) is 0 Å². The van der Waals surface area contributed by atoms with Crippen LogP contribution in [0.1, 0.15) is 58.8 Å². The van der Waals surface area contributed by atoms with Crippen molar-refractivity contribution in [3.63, 3.8) is 0 Å². The van der Waals surface area contributed by atoms with Crippen LogP contribution in [0.4, 0.5) is 0 Å². The van der Waals surface area contributed by atoms with E-state index in [-0.39, 0.29) is 64.2 Å². The third-order valence-electron chi connectivity index (χ3n) is 2.95. The Morgan fingerprint density at radius 3 is 1.76 bits per heavy atom. The molecule has 5 heteroatoms. The first-order chi connectivity index (χ1) is 7.51. The molecule has 0 spiro atoms. The van der Waals surface area contributed by atoms with Gasteiger partial charge in [-0.3, -0.25) is 9.59 Å². The van der Waals surface area contributed by atoms with Crippen molar-refractivity contribution in [2.75, 3.05) is 0 Å².